The first-order chi connectivity index (χ1) is 16.5. The van der Waals surface area contributed by atoms with E-state index in [9.17, 15) is 9.59 Å². The molecule has 8 nitrogen and oxygen atoms in total. The first-order valence-electron chi connectivity index (χ1n) is 11.5. The molecule has 1 aliphatic heterocycles. The van der Waals surface area contributed by atoms with Crippen LogP contribution >= 0.6 is 0 Å². The molecule has 1 fully saturated rings. The van der Waals surface area contributed by atoms with Crippen LogP contribution < -0.4 is 14.9 Å². The number of aromatic nitrogens is 1. The summed E-state index contributed by atoms with van der Waals surface area (Å²) in [5, 5.41) is 4.90. The molecule has 8 heteroatoms. The van der Waals surface area contributed by atoms with Gasteiger partial charge in [-0.2, -0.15) is 5.10 Å². The zero-order valence-electron chi connectivity index (χ0n) is 19.7. The zero-order valence-corrected chi connectivity index (χ0v) is 19.7. The molecule has 3 aromatic rings. The van der Waals surface area contributed by atoms with Crippen LogP contribution in [0.5, 0.6) is 11.5 Å². The molecule has 0 saturated carbocycles. The van der Waals surface area contributed by atoms with Crippen molar-refractivity contribution in [3.8, 4) is 11.5 Å². The fraction of sp³-hybridized carbons (Fsp3) is 0.346. The van der Waals surface area contributed by atoms with Crippen molar-refractivity contribution in [1.82, 2.24) is 15.3 Å². The lowest BCUT2D eigenvalue weighted by atomic mass is 9.97. The molecule has 2 amide bonds. The van der Waals surface area contributed by atoms with Gasteiger partial charge < -0.3 is 19.4 Å². The number of ether oxygens (including phenoxy) is 2. The second-order valence-corrected chi connectivity index (χ2v) is 8.58. The Labute approximate surface area is 198 Å². The Bertz CT molecular complexity index is 1190. The molecule has 2 heterocycles. The molecule has 2 unspecified atom stereocenters. The topological polar surface area (TPSA) is 96.0 Å². The molecule has 178 valence electrons. The Balaban J connectivity index is 1.37. The molecule has 2 N–H and O–H groups in total. The first-order valence-corrected chi connectivity index (χ1v) is 11.5. The van der Waals surface area contributed by atoms with Gasteiger partial charge in [-0.1, -0.05) is 18.2 Å². The van der Waals surface area contributed by atoms with Gasteiger partial charge in [-0.3, -0.25) is 9.59 Å². The zero-order chi connectivity index (χ0) is 24.1. The summed E-state index contributed by atoms with van der Waals surface area (Å²) in [5.41, 5.74) is 4.68. The minimum absolute atomic E-state index is 0.0209. The maximum absolute atomic E-state index is 12.7. The standard InChI is InChI=1S/C26H30N4O4/c1-17-7-6-8-18(2)30(17)25(31)16-34-23-12-11-19(13-24(23)33-3)14-28-29-26(32)21-15-27-22-10-5-4-9-20(21)22/h4-5,9-15,17-18,27H,6-8,16H2,1-3H3,(H,29,32)/b28-14+. The summed E-state index contributed by atoms with van der Waals surface area (Å²) >= 11 is 0. The van der Waals surface area contributed by atoms with E-state index in [1.807, 2.05) is 29.2 Å². The van der Waals surface area contributed by atoms with Gasteiger partial charge in [-0.15, -0.1) is 0 Å². The Morgan fingerprint density at radius 1 is 1.15 bits per heavy atom. The van der Waals surface area contributed by atoms with Crippen molar-refractivity contribution in [2.75, 3.05) is 13.7 Å². The molecule has 34 heavy (non-hydrogen) atoms. The second kappa shape index (κ2) is 10.4. The van der Waals surface area contributed by atoms with Crippen LogP contribution in [0.4, 0.5) is 0 Å². The number of para-hydroxylation sites is 1. The quantitative estimate of drug-likeness (QED) is 0.408. The third-order valence-corrected chi connectivity index (χ3v) is 6.23. The molecule has 1 aliphatic rings. The lowest BCUT2D eigenvalue weighted by molar-refractivity contribution is -0.139. The van der Waals surface area contributed by atoms with Crippen molar-refractivity contribution in [3.05, 3.63) is 59.8 Å². The van der Waals surface area contributed by atoms with Crippen molar-refractivity contribution < 1.29 is 19.1 Å². The van der Waals surface area contributed by atoms with E-state index in [4.69, 9.17) is 9.47 Å². The van der Waals surface area contributed by atoms with Gasteiger partial charge in [0.25, 0.3) is 11.8 Å². The average molecular weight is 463 g/mol. The van der Waals surface area contributed by atoms with E-state index in [0.717, 1.165) is 30.2 Å². The predicted octanol–water partition coefficient (Wildman–Crippen LogP) is 4.11. The van der Waals surface area contributed by atoms with Crippen molar-refractivity contribution >= 4 is 28.9 Å². The highest BCUT2D eigenvalue weighted by atomic mass is 16.5. The highest BCUT2D eigenvalue weighted by molar-refractivity contribution is 6.06. The molecule has 1 saturated heterocycles. The lowest BCUT2D eigenvalue weighted by Crippen LogP contribution is -2.49. The number of nitrogens with one attached hydrogen (secondary N) is 2. The van der Waals surface area contributed by atoms with Gasteiger partial charge in [-0.05, 0) is 62.9 Å². The third-order valence-electron chi connectivity index (χ3n) is 6.23. The van der Waals surface area contributed by atoms with E-state index in [-0.39, 0.29) is 30.5 Å². The number of benzene rings is 2. The number of aromatic amines is 1. The fourth-order valence-corrected chi connectivity index (χ4v) is 4.50. The van der Waals surface area contributed by atoms with E-state index >= 15 is 0 Å². The molecule has 0 radical (unpaired) electrons. The number of hydrogen-bond donors (Lipinski definition) is 2. The minimum Gasteiger partial charge on any atom is -0.493 e. The number of amides is 2. The normalized spacial score (nSPS) is 18.3. The summed E-state index contributed by atoms with van der Waals surface area (Å²) in [5.74, 6) is 0.639. The summed E-state index contributed by atoms with van der Waals surface area (Å²) in [7, 11) is 1.54. The van der Waals surface area contributed by atoms with E-state index in [2.05, 4.69) is 29.4 Å². The van der Waals surface area contributed by atoms with Crippen molar-refractivity contribution in [2.24, 2.45) is 5.10 Å². The number of hydrogen-bond acceptors (Lipinski definition) is 5. The number of piperidine rings is 1. The van der Waals surface area contributed by atoms with Crippen LogP contribution in [-0.4, -0.2) is 53.7 Å². The summed E-state index contributed by atoms with van der Waals surface area (Å²) in [6.07, 6.45) is 6.37. The smallest absolute Gasteiger partial charge is 0.273 e. The number of H-pyrrole nitrogens is 1. The molecule has 0 spiro atoms. The van der Waals surface area contributed by atoms with Crippen molar-refractivity contribution in [3.63, 3.8) is 0 Å². The van der Waals surface area contributed by atoms with E-state index in [0.29, 0.717) is 22.6 Å². The average Bonchev–Trinajstić information content (AvgIpc) is 3.27. The van der Waals surface area contributed by atoms with E-state index < -0.39 is 0 Å². The number of nitrogens with zero attached hydrogens (tertiary/aromatic N) is 2. The summed E-state index contributed by atoms with van der Waals surface area (Å²) in [4.78, 5) is 30.2. The summed E-state index contributed by atoms with van der Waals surface area (Å²) in [6.45, 7) is 4.12. The molecule has 2 atom stereocenters. The first kappa shape index (κ1) is 23.4. The molecule has 0 aliphatic carbocycles. The minimum atomic E-state index is -0.305. The molecule has 2 aromatic carbocycles. The van der Waals surface area contributed by atoms with Crippen LogP contribution in [0.15, 0.2) is 53.8 Å². The van der Waals surface area contributed by atoms with Crippen LogP contribution in [0, 0.1) is 0 Å². The van der Waals surface area contributed by atoms with Crippen LogP contribution in [0.3, 0.4) is 0 Å². The Kier molecular flexibility index (Phi) is 7.15. The largest absolute Gasteiger partial charge is 0.493 e. The van der Waals surface area contributed by atoms with Gasteiger partial charge in [-0.25, -0.2) is 5.43 Å². The van der Waals surface area contributed by atoms with Crippen LogP contribution in [0.1, 0.15) is 49.0 Å². The number of fused-ring (bicyclic) bond motifs is 1. The van der Waals surface area contributed by atoms with Crippen LogP contribution in [0.2, 0.25) is 0 Å². The third kappa shape index (κ3) is 5.06. The number of carbonyl (C=O) groups excluding carboxylic acids is 2. The van der Waals surface area contributed by atoms with Gasteiger partial charge in [0.2, 0.25) is 0 Å². The highest BCUT2D eigenvalue weighted by Gasteiger charge is 2.29. The number of carbonyl (C=O) groups is 2. The van der Waals surface area contributed by atoms with Crippen LogP contribution in [-0.2, 0) is 4.79 Å². The number of methoxy groups -OCH3 is 1. The van der Waals surface area contributed by atoms with Crippen molar-refractivity contribution in [2.45, 2.75) is 45.2 Å². The monoisotopic (exact) mass is 462 g/mol. The van der Waals surface area contributed by atoms with Gasteiger partial charge in [0.05, 0.1) is 18.9 Å². The Morgan fingerprint density at radius 2 is 1.91 bits per heavy atom. The van der Waals surface area contributed by atoms with Gasteiger partial charge in [0, 0.05) is 29.2 Å². The second-order valence-electron chi connectivity index (χ2n) is 8.58. The Morgan fingerprint density at radius 3 is 2.68 bits per heavy atom. The maximum atomic E-state index is 12.7. The lowest BCUT2D eigenvalue weighted by Gasteiger charge is -2.39. The number of likely N-dealkylation sites (tertiary alicyclic amines) is 1. The van der Waals surface area contributed by atoms with Gasteiger partial charge in [0.15, 0.2) is 18.1 Å². The van der Waals surface area contributed by atoms with Crippen LogP contribution in [0.25, 0.3) is 10.9 Å². The number of rotatable bonds is 7. The van der Waals surface area contributed by atoms with Gasteiger partial charge >= 0.3 is 0 Å². The van der Waals surface area contributed by atoms with Gasteiger partial charge in [0.1, 0.15) is 0 Å². The predicted molar refractivity (Wildman–Crippen MR) is 131 cm³/mol. The summed E-state index contributed by atoms with van der Waals surface area (Å²) < 4.78 is 11.2. The van der Waals surface area contributed by atoms with E-state index in [1.165, 1.54) is 6.21 Å². The molecule has 1 aromatic heterocycles. The summed E-state index contributed by atoms with van der Waals surface area (Å²) in [6, 6.07) is 13.3. The fourth-order valence-electron chi connectivity index (χ4n) is 4.50. The maximum Gasteiger partial charge on any atom is 0.273 e. The highest BCUT2D eigenvalue weighted by Crippen LogP contribution is 2.28. The molecular formula is C26H30N4O4. The molecule has 4 rings (SSSR count). The molecule has 0 bridgehead atoms. The number of hydrazone groups is 1. The SMILES string of the molecule is COc1cc(/C=N/NC(=O)c2c[nH]c3ccccc23)ccc1OCC(=O)N1C(C)CCCC1C. The Hall–Kier alpha value is -3.81. The molecular weight excluding hydrogens is 432 g/mol. The van der Waals surface area contributed by atoms with Crippen molar-refractivity contribution in [1.29, 1.82) is 0 Å². The van der Waals surface area contributed by atoms with E-state index in [1.54, 1.807) is 31.5 Å².